The van der Waals surface area contributed by atoms with Crippen molar-refractivity contribution in [2.45, 2.75) is 32.2 Å². The molecule has 6 heteroatoms. The SMILES string of the molecule is O=C(CN(Cc1ccccc1)c1nc(Cc2ccccc2)ns1)N1CCC(Cc2ccccc2)CC1. The predicted octanol–water partition coefficient (Wildman–Crippen LogP) is 5.62. The van der Waals surface area contributed by atoms with Gasteiger partial charge in [-0.1, -0.05) is 91.0 Å². The van der Waals surface area contributed by atoms with Gasteiger partial charge in [0, 0.05) is 37.6 Å². The Morgan fingerprint density at radius 1 is 0.833 bits per heavy atom. The van der Waals surface area contributed by atoms with Gasteiger partial charge in [0.15, 0.2) is 0 Å². The van der Waals surface area contributed by atoms with Crippen LogP contribution in [0.1, 0.15) is 35.4 Å². The molecular weight excluding hydrogens is 464 g/mol. The van der Waals surface area contributed by atoms with Crippen LogP contribution in [0, 0.1) is 5.92 Å². The minimum atomic E-state index is 0.170. The zero-order valence-corrected chi connectivity index (χ0v) is 21.3. The van der Waals surface area contributed by atoms with Crippen LogP contribution in [0.5, 0.6) is 0 Å². The maximum atomic E-state index is 13.4. The van der Waals surface area contributed by atoms with E-state index in [0.29, 0.717) is 25.4 Å². The lowest BCUT2D eigenvalue weighted by molar-refractivity contribution is -0.131. The van der Waals surface area contributed by atoms with Gasteiger partial charge in [0.1, 0.15) is 5.82 Å². The first-order valence-electron chi connectivity index (χ1n) is 12.7. The highest BCUT2D eigenvalue weighted by Crippen LogP contribution is 2.24. The van der Waals surface area contributed by atoms with Gasteiger partial charge in [-0.2, -0.15) is 4.37 Å². The molecule has 2 heterocycles. The van der Waals surface area contributed by atoms with Crippen LogP contribution in [0.4, 0.5) is 5.13 Å². The fraction of sp³-hybridized carbons (Fsp3) is 0.300. The quantitative estimate of drug-likeness (QED) is 0.302. The molecule has 4 aromatic rings. The molecule has 0 bridgehead atoms. The fourth-order valence-corrected chi connectivity index (χ4v) is 5.50. The lowest BCUT2D eigenvalue weighted by Gasteiger charge is -2.33. The summed E-state index contributed by atoms with van der Waals surface area (Å²) in [6.45, 7) is 2.60. The van der Waals surface area contributed by atoms with E-state index in [9.17, 15) is 4.79 Å². The zero-order valence-electron chi connectivity index (χ0n) is 20.5. The predicted molar refractivity (Wildman–Crippen MR) is 146 cm³/mol. The number of anilines is 1. The van der Waals surface area contributed by atoms with Gasteiger partial charge in [0.2, 0.25) is 11.0 Å². The van der Waals surface area contributed by atoms with E-state index in [2.05, 4.69) is 63.9 Å². The molecular formula is C30H32N4OS. The Labute approximate surface area is 217 Å². The average molecular weight is 497 g/mol. The van der Waals surface area contributed by atoms with Gasteiger partial charge in [-0.25, -0.2) is 4.98 Å². The van der Waals surface area contributed by atoms with Crippen molar-refractivity contribution in [1.82, 2.24) is 14.3 Å². The highest BCUT2D eigenvalue weighted by molar-refractivity contribution is 7.09. The van der Waals surface area contributed by atoms with E-state index in [1.54, 1.807) is 0 Å². The van der Waals surface area contributed by atoms with Crippen molar-refractivity contribution in [2.24, 2.45) is 5.92 Å². The Kier molecular flexibility index (Phi) is 8.03. The van der Waals surface area contributed by atoms with Crippen molar-refractivity contribution < 1.29 is 4.79 Å². The van der Waals surface area contributed by atoms with Crippen molar-refractivity contribution in [3.05, 3.63) is 114 Å². The Morgan fingerprint density at radius 3 is 2.06 bits per heavy atom. The number of aromatic nitrogens is 2. The van der Waals surface area contributed by atoms with Gasteiger partial charge in [0.05, 0.1) is 6.54 Å². The monoisotopic (exact) mass is 496 g/mol. The molecule has 0 unspecified atom stereocenters. The minimum Gasteiger partial charge on any atom is -0.341 e. The second kappa shape index (κ2) is 12.0. The van der Waals surface area contributed by atoms with Crippen LogP contribution in [0.3, 0.4) is 0 Å². The number of carbonyl (C=O) groups excluding carboxylic acids is 1. The summed E-state index contributed by atoms with van der Waals surface area (Å²) < 4.78 is 4.61. The molecule has 1 fully saturated rings. The smallest absolute Gasteiger partial charge is 0.242 e. The van der Waals surface area contributed by atoms with Crippen LogP contribution in [0.15, 0.2) is 91.0 Å². The molecule has 1 saturated heterocycles. The largest absolute Gasteiger partial charge is 0.341 e. The normalized spacial score (nSPS) is 14.1. The summed E-state index contributed by atoms with van der Waals surface area (Å²) >= 11 is 1.38. The number of amides is 1. The number of carbonyl (C=O) groups is 1. The molecule has 1 aliphatic heterocycles. The van der Waals surface area contributed by atoms with Crippen LogP contribution in [-0.4, -0.2) is 39.8 Å². The van der Waals surface area contributed by atoms with E-state index in [1.165, 1.54) is 22.7 Å². The van der Waals surface area contributed by atoms with E-state index in [0.717, 1.165) is 48.9 Å². The summed E-state index contributed by atoms with van der Waals surface area (Å²) in [5, 5.41) is 0.803. The number of likely N-dealkylation sites (tertiary alicyclic amines) is 1. The van der Waals surface area contributed by atoms with Crippen molar-refractivity contribution in [2.75, 3.05) is 24.5 Å². The third-order valence-corrected chi connectivity index (χ3v) is 7.62. The highest BCUT2D eigenvalue weighted by Gasteiger charge is 2.25. The van der Waals surface area contributed by atoms with Crippen molar-refractivity contribution in [3.63, 3.8) is 0 Å². The van der Waals surface area contributed by atoms with Gasteiger partial charge in [-0.15, -0.1) is 0 Å². The maximum Gasteiger partial charge on any atom is 0.242 e. The second-order valence-electron chi connectivity index (χ2n) is 9.51. The molecule has 0 atom stereocenters. The average Bonchev–Trinajstić information content (AvgIpc) is 3.39. The molecule has 0 spiro atoms. The lowest BCUT2D eigenvalue weighted by Crippen LogP contribution is -2.44. The topological polar surface area (TPSA) is 49.3 Å². The summed E-state index contributed by atoms with van der Waals surface area (Å²) in [7, 11) is 0. The number of benzene rings is 3. The number of rotatable bonds is 9. The maximum absolute atomic E-state index is 13.4. The van der Waals surface area contributed by atoms with Crippen molar-refractivity contribution in [3.8, 4) is 0 Å². The van der Waals surface area contributed by atoms with Gasteiger partial charge < -0.3 is 9.80 Å². The van der Waals surface area contributed by atoms with Crippen LogP contribution in [-0.2, 0) is 24.2 Å². The molecule has 5 rings (SSSR count). The van der Waals surface area contributed by atoms with Crippen molar-refractivity contribution >= 4 is 22.6 Å². The number of piperidine rings is 1. The Bertz CT molecular complexity index is 1220. The fourth-order valence-electron chi connectivity index (χ4n) is 4.82. The summed E-state index contributed by atoms with van der Waals surface area (Å²) in [5.41, 5.74) is 3.73. The Morgan fingerprint density at radius 2 is 1.42 bits per heavy atom. The van der Waals surface area contributed by atoms with E-state index >= 15 is 0 Å². The number of hydrogen-bond donors (Lipinski definition) is 0. The van der Waals surface area contributed by atoms with E-state index in [-0.39, 0.29) is 5.91 Å². The molecule has 3 aromatic carbocycles. The van der Waals surface area contributed by atoms with Gasteiger partial charge >= 0.3 is 0 Å². The first kappa shape index (κ1) is 24.2. The van der Waals surface area contributed by atoms with Gasteiger partial charge in [-0.05, 0) is 41.9 Å². The number of nitrogens with zero attached hydrogens (tertiary/aromatic N) is 4. The van der Waals surface area contributed by atoms with Crippen molar-refractivity contribution in [1.29, 1.82) is 0 Å². The van der Waals surface area contributed by atoms with Crippen LogP contribution < -0.4 is 4.90 Å². The molecule has 0 N–H and O–H groups in total. The molecule has 1 aliphatic rings. The summed E-state index contributed by atoms with van der Waals surface area (Å²) in [6.07, 6.45) is 3.90. The molecule has 0 radical (unpaired) electrons. The summed E-state index contributed by atoms with van der Waals surface area (Å²) in [6, 6.07) is 31.2. The highest BCUT2D eigenvalue weighted by atomic mass is 32.1. The molecule has 0 saturated carbocycles. The minimum absolute atomic E-state index is 0.170. The van der Waals surface area contributed by atoms with Crippen LogP contribution in [0.2, 0.25) is 0 Å². The summed E-state index contributed by atoms with van der Waals surface area (Å²) in [4.78, 5) is 22.3. The Hall–Kier alpha value is -3.51. The third kappa shape index (κ3) is 6.58. The van der Waals surface area contributed by atoms with Crippen LogP contribution >= 0.6 is 11.5 Å². The lowest BCUT2D eigenvalue weighted by atomic mass is 9.90. The van der Waals surface area contributed by atoms with E-state index in [4.69, 9.17) is 4.98 Å². The molecule has 184 valence electrons. The first-order chi connectivity index (χ1) is 17.7. The summed E-state index contributed by atoms with van der Waals surface area (Å²) in [5.74, 6) is 1.61. The van der Waals surface area contributed by atoms with Gasteiger partial charge in [0.25, 0.3) is 0 Å². The van der Waals surface area contributed by atoms with E-state index in [1.807, 2.05) is 41.3 Å². The van der Waals surface area contributed by atoms with Gasteiger partial charge in [-0.3, -0.25) is 4.79 Å². The molecule has 1 amide bonds. The number of hydrogen-bond acceptors (Lipinski definition) is 5. The molecule has 1 aromatic heterocycles. The third-order valence-electron chi connectivity index (χ3n) is 6.81. The second-order valence-corrected chi connectivity index (χ2v) is 10.2. The molecule has 36 heavy (non-hydrogen) atoms. The zero-order chi connectivity index (χ0) is 24.6. The molecule has 0 aliphatic carbocycles. The molecule has 5 nitrogen and oxygen atoms in total. The van der Waals surface area contributed by atoms with Crippen LogP contribution in [0.25, 0.3) is 0 Å². The van der Waals surface area contributed by atoms with E-state index < -0.39 is 0 Å². The Balaban J connectivity index is 1.23. The first-order valence-corrected chi connectivity index (χ1v) is 13.5. The standard InChI is InChI=1S/C30H32N4OS/c35-29(33-18-16-26(17-19-33)20-24-10-4-1-5-11-24)23-34(22-27-14-8-3-9-15-27)30-31-28(32-36-30)21-25-12-6-2-7-13-25/h1-15,26H,16-23H2.